The van der Waals surface area contributed by atoms with Crippen molar-refractivity contribution in [1.82, 2.24) is 16.0 Å². The van der Waals surface area contributed by atoms with Crippen molar-refractivity contribution in [2.75, 3.05) is 13.6 Å². The van der Waals surface area contributed by atoms with Gasteiger partial charge >= 0.3 is 0 Å². The van der Waals surface area contributed by atoms with Crippen LogP contribution in [0, 0.1) is 0 Å². The molecule has 0 aliphatic heterocycles. The molecule has 102 valence electrons. The van der Waals surface area contributed by atoms with Crippen molar-refractivity contribution < 1.29 is 0 Å². The summed E-state index contributed by atoms with van der Waals surface area (Å²) in [5, 5.41) is 10.2. The summed E-state index contributed by atoms with van der Waals surface area (Å²) >= 11 is 0. The van der Waals surface area contributed by atoms with Crippen LogP contribution in [-0.4, -0.2) is 32.0 Å². The molecule has 4 heteroatoms. The Labute approximate surface area is 106 Å². The second kappa shape index (κ2) is 8.86. The zero-order valence-corrected chi connectivity index (χ0v) is 11.5. The molecule has 0 spiro atoms. The number of hydrogen-bond donors (Lipinski definition) is 4. The topological polar surface area (TPSA) is 62.1 Å². The van der Waals surface area contributed by atoms with Crippen molar-refractivity contribution >= 4 is 0 Å². The summed E-state index contributed by atoms with van der Waals surface area (Å²) in [4.78, 5) is 0. The lowest BCUT2D eigenvalue weighted by atomic mass is 9.95. The van der Waals surface area contributed by atoms with Crippen LogP contribution in [0.25, 0.3) is 0 Å². The van der Waals surface area contributed by atoms with E-state index in [4.69, 9.17) is 5.73 Å². The van der Waals surface area contributed by atoms with Gasteiger partial charge in [-0.05, 0) is 39.3 Å². The van der Waals surface area contributed by atoms with Gasteiger partial charge in [-0.3, -0.25) is 5.32 Å². The second-order valence-corrected chi connectivity index (χ2v) is 5.10. The van der Waals surface area contributed by atoms with E-state index in [0.717, 1.165) is 25.4 Å². The molecule has 0 aromatic rings. The summed E-state index contributed by atoms with van der Waals surface area (Å²) < 4.78 is 0. The fraction of sp³-hybridized carbons (Fsp3) is 1.00. The average molecular weight is 242 g/mol. The highest BCUT2D eigenvalue weighted by Gasteiger charge is 2.13. The Bertz CT molecular complexity index is 176. The summed E-state index contributed by atoms with van der Waals surface area (Å²) in [6, 6.07) is 0.738. The van der Waals surface area contributed by atoms with E-state index in [2.05, 4.69) is 22.9 Å². The maximum atomic E-state index is 6.05. The first-order chi connectivity index (χ1) is 8.26. The molecule has 1 aliphatic rings. The molecule has 0 saturated heterocycles. The molecule has 1 rings (SSSR count). The molecule has 4 nitrogen and oxygen atoms in total. The highest BCUT2D eigenvalue weighted by Crippen LogP contribution is 2.17. The molecule has 1 fully saturated rings. The van der Waals surface area contributed by atoms with E-state index in [0.29, 0.717) is 6.17 Å². The third-order valence-corrected chi connectivity index (χ3v) is 3.67. The molecule has 0 amide bonds. The van der Waals surface area contributed by atoms with Gasteiger partial charge in [0.1, 0.15) is 0 Å². The predicted molar refractivity (Wildman–Crippen MR) is 73.7 cm³/mol. The predicted octanol–water partition coefficient (Wildman–Crippen LogP) is 1.13. The Hall–Kier alpha value is -0.160. The first-order valence-corrected chi connectivity index (χ1v) is 7.18. The Morgan fingerprint density at radius 2 is 1.94 bits per heavy atom. The van der Waals surface area contributed by atoms with Crippen molar-refractivity contribution in [3.63, 3.8) is 0 Å². The molecular weight excluding hydrogens is 212 g/mol. The van der Waals surface area contributed by atoms with E-state index >= 15 is 0 Å². The third-order valence-electron chi connectivity index (χ3n) is 3.67. The summed E-state index contributed by atoms with van der Waals surface area (Å²) in [6.07, 6.45) is 9.35. The van der Waals surface area contributed by atoms with Crippen LogP contribution in [0.5, 0.6) is 0 Å². The minimum atomic E-state index is 0.0866. The fourth-order valence-electron chi connectivity index (χ4n) is 2.50. The quantitative estimate of drug-likeness (QED) is 0.482. The first-order valence-electron chi connectivity index (χ1n) is 7.18. The molecule has 17 heavy (non-hydrogen) atoms. The molecule has 1 saturated carbocycles. The molecule has 0 aromatic carbocycles. The zero-order chi connectivity index (χ0) is 12.5. The molecule has 2 atom stereocenters. The van der Waals surface area contributed by atoms with Gasteiger partial charge in [-0.15, -0.1) is 0 Å². The van der Waals surface area contributed by atoms with Crippen LogP contribution >= 0.6 is 0 Å². The second-order valence-electron chi connectivity index (χ2n) is 5.10. The van der Waals surface area contributed by atoms with Crippen LogP contribution in [0.4, 0.5) is 0 Å². The number of nitrogens with one attached hydrogen (secondary N) is 3. The van der Waals surface area contributed by atoms with Crippen molar-refractivity contribution in [2.45, 2.75) is 70.2 Å². The molecule has 2 unspecified atom stereocenters. The fourth-order valence-corrected chi connectivity index (χ4v) is 2.50. The van der Waals surface area contributed by atoms with Gasteiger partial charge in [0, 0.05) is 6.04 Å². The Morgan fingerprint density at radius 1 is 1.24 bits per heavy atom. The number of rotatable bonds is 8. The van der Waals surface area contributed by atoms with E-state index in [9.17, 15) is 0 Å². The Balaban J connectivity index is 2.04. The van der Waals surface area contributed by atoms with E-state index in [-0.39, 0.29) is 6.17 Å². The standard InChI is InChI=1S/C13H30N4/c1-3-13(15-2)17-12(14)9-10-16-11-7-5-4-6-8-11/h11-13,15-17H,3-10,14H2,1-2H3. The average Bonchev–Trinajstić information content (AvgIpc) is 2.37. The maximum Gasteiger partial charge on any atom is 0.0578 e. The lowest BCUT2D eigenvalue weighted by Crippen LogP contribution is -2.50. The van der Waals surface area contributed by atoms with Gasteiger partial charge in [0.15, 0.2) is 0 Å². The van der Waals surface area contributed by atoms with Crippen LogP contribution in [0.3, 0.4) is 0 Å². The summed E-state index contributed by atoms with van der Waals surface area (Å²) in [7, 11) is 1.97. The lowest BCUT2D eigenvalue weighted by molar-refractivity contribution is 0.338. The van der Waals surface area contributed by atoms with Gasteiger partial charge in [-0.25, -0.2) is 0 Å². The van der Waals surface area contributed by atoms with Crippen LogP contribution in [0.15, 0.2) is 0 Å². The molecule has 5 N–H and O–H groups in total. The van der Waals surface area contributed by atoms with Gasteiger partial charge in [-0.1, -0.05) is 26.2 Å². The van der Waals surface area contributed by atoms with Gasteiger partial charge in [0.25, 0.3) is 0 Å². The minimum absolute atomic E-state index is 0.0866. The van der Waals surface area contributed by atoms with Crippen molar-refractivity contribution in [2.24, 2.45) is 5.73 Å². The number of nitrogens with two attached hydrogens (primary N) is 1. The van der Waals surface area contributed by atoms with Crippen LogP contribution in [0.2, 0.25) is 0 Å². The zero-order valence-electron chi connectivity index (χ0n) is 11.5. The Morgan fingerprint density at radius 3 is 2.53 bits per heavy atom. The van der Waals surface area contributed by atoms with Gasteiger partial charge in [-0.2, -0.15) is 0 Å². The van der Waals surface area contributed by atoms with Gasteiger partial charge in [0.05, 0.1) is 12.3 Å². The molecule has 0 heterocycles. The highest BCUT2D eigenvalue weighted by molar-refractivity contribution is 4.73. The van der Waals surface area contributed by atoms with Crippen LogP contribution in [-0.2, 0) is 0 Å². The molecule has 1 aliphatic carbocycles. The summed E-state index contributed by atoms with van der Waals surface area (Å²) in [5.74, 6) is 0. The molecule has 0 radical (unpaired) electrons. The minimum Gasteiger partial charge on any atom is -0.316 e. The van der Waals surface area contributed by atoms with E-state index < -0.39 is 0 Å². The normalized spacial score (nSPS) is 21.4. The van der Waals surface area contributed by atoms with Crippen LogP contribution in [0.1, 0.15) is 51.9 Å². The maximum absolute atomic E-state index is 6.05. The monoisotopic (exact) mass is 242 g/mol. The third kappa shape index (κ3) is 6.36. The number of hydrogen-bond acceptors (Lipinski definition) is 4. The van der Waals surface area contributed by atoms with Gasteiger partial charge < -0.3 is 16.4 Å². The van der Waals surface area contributed by atoms with Crippen molar-refractivity contribution in [1.29, 1.82) is 0 Å². The SMILES string of the molecule is CCC(NC)NC(N)CCNC1CCCCC1. The summed E-state index contributed by atoms with van der Waals surface area (Å²) in [6.45, 7) is 3.18. The van der Waals surface area contributed by atoms with E-state index in [1.54, 1.807) is 0 Å². The van der Waals surface area contributed by atoms with Crippen molar-refractivity contribution in [3.05, 3.63) is 0 Å². The molecular formula is C13H30N4. The first kappa shape index (κ1) is 14.9. The largest absolute Gasteiger partial charge is 0.316 e. The van der Waals surface area contributed by atoms with Gasteiger partial charge in [0.2, 0.25) is 0 Å². The summed E-state index contributed by atoms with van der Waals surface area (Å²) in [5.41, 5.74) is 6.05. The Kier molecular flexibility index (Phi) is 7.77. The molecule has 0 aromatic heterocycles. The molecule has 0 bridgehead atoms. The van der Waals surface area contributed by atoms with Crippen molar-refractivity contribution in [3.8, 4) is 0 Å². The van der Waals surface area contributed by atoms with Crippen LogP contribution < -0.4 is 21.7 Å². The van der Waals surface area contributed by atoms with E-state index in [1.807, 2.05) is 7.05 Å². The smallest absolute Gasteiger partial charge is 0.0578 e. The highest BCUT2D eigenvalue weighted by atomic mass is 15.2. The lowest BCUT2D eigenvalue weighted by Gasteiger charge is -2.25. The van der Waals surface area contributed by atoms with E-state index in [1.165, 1.54) is 32.1 Å².